The van der Waals surface area contributed by atoms with E-state index < -0.39 is 5.41 Å². The van der Waals surface area contributed by atoms with Crippen molar-refractivity contribution in [1.29, 1.82) is 0 Å². The van der Waals surface area contributed by atoms with Crippen molar-refractivity contribution < 1.29 is 9.59 Å². The molecule has 4 nitrogen and oxygen atoms in total. The first-order valence-electron chi connectivity index (χ1n) is 8.45. The Balaban J connectivity index is 1.49. The molecule has 2 saturated carbocycles. The van der Waals surface area contributed by atoms with Gasteiger partial charge in [-0.15, -0.1) is 0 Å². The zero-order valence-electron chi connectivity index (χ0n) is 13.4. The number of hydrogen-bond acceptors (Lipinski definition) is 2. The van der Waals surface area contributed by atoms with Crippen molar-refractivity contribution in [1.82, 2.24) is 5.32 Å². The van der Waals surface area contributed by atoms with Gasteiger partial charge in [0.15, 0.2) is 0 Å². The van der Waals surface area contributed by atoms with Gasteiger partial charge in [0, 0.05) is 17.3 Å². The fraction of sp³-hybridized carbons (Fsp3) is 0.300. The molecule has 0 heterocycles. The number of anilines is 1. The zero-order chi connectivity index (χ0) is 16.6. The van der Waals surface area contributed by atoms with Crippen molar-refractivity contribution in [2.45, 2.75) is 37.1 Å². The maximum absolute atomic E-state index is 12.8. The summed E-state index contributed by atoms with van der Waals surface area (Å²) >= 11 is 0. The number of benzene rings is 2. The Kier molecular flexibility index (Phi) is 3.60. The van der Waals surface area contributed by atoms with Crippen LogP contribution in [0, 0.1) is 0 Å². The van der Waals surface area contributed by atoms with E-state index in [1.807, 2.05) is 36.4 Å². The topological polar surface area (TPSA) is 58.2 Å². The molecule has 0 spiro atoms. The maximum Gasteiger partial charge on any atom is 0.251 e. The lowest BCUT2D eigenvalue weighted by Gasteiger charge is -2.16. The molecule has 122 valence electrons. The average molecular weight is 320 g/mol. The second kappa shape index (κ2) is 5.78. The molecule has 0 bridgehead atoms. The number of hydrogen-bond donors (Lipinski definition) is 2. The number of carbonyl (C=O) groups is 2. The Hall–Kier alpha value is -2.62. The van der Waals surface area contributed by atoms with Crippen LogP contribution in [0.5, 0.6) is 0 Å². The number of nitrogens with one attached hydrogen (secondary N) is 2. The van der Waals surface area contributed by atoms with E-state index >= 15 is 0 Å². The van der Waals surface area contributed by atoms with Crippen molar-refractivity contribution >= 4 is 17.5 Å². The van der Waals surface area contributed by atoms with E-state index in [-0.39, 0.29) is 11.8 Å². The number of carbonyl (C=O) groups excluding carboxylic acids is 2. The largest absolute Gasteiger partial charge is 0.349 e. The highest BCUT2D eigenvalue weighted by atomic mass is 16.2. The molecule has 2 aromatic rings. The van der Waals surface area contributed by atoms with Crippen LogP contribution in [0.25, 0.3) is 0 Å². The van der Waals surface area contributed by atoms with Gasteiger partial charge in [0.2, 0.25) is 5.91 Å². The molecule has 2 fully saturated rings. The molecule has 4 rings (SSSR count). The fourth-order valence-electron chi connectivity index (χ4n) is 3.01. The highest BCUT2D eigenvalue weighted by Crippen LogP contribution is 2.48. The predicted octanol–water partition coefficient (Wildman–Crippen LogP) is 3.25. The van der Waals surface area contributed by atoms with Gasteiger partial charge in [0.1, 0.15) is 0 Å². The Morgan fingerprint density at radius 1 is 0.958 bits per heavy atom. The first-order chi connectivity index (χ1) is 11.7. The molecule has 4 heteroatoms. The molecule has 0 aromatic heterocycles. The summed E-state index contributed by atoms with van der Waals surface area (Å²) in [7, 11) is 0. The van der Waals surface area contributed by atoms with Gasteiger partial charge in [0.25, 0.3) is 5.91 Å². The van der Waals surface area contributed by atoms with Crippen LogP contribution >= 0.6 is 0 Å². The minimum atomic E-state index is -0.409. The van der Waals surface area contributed by atoms with E-state index in [0.29, 0.717) is 17.3 Å². The molecule has 0 unspecified atom stereocenters. The molecule has 24 heavy (non-hydrogen) atoms. The zero-order valence-corrected chi connectivity index (χ0v) is 13.4. The summed E-state index contributed by atoms with van der Waals surface area (Å²) in [4.78, 5) is 24.9. The first kappa shape index (κ1) is 14.9. The highest BCUT2D eigenvalue weighted by Gasteiger charge is 2.51. The maximum atomic E-state index is 12.8. The van der Waals surface area contributed by atoms with Crippen molar-refractivity contribution in [3.63, 3.8) is 0 Å². The van der Waals surface area contributed by atoms with Crippen LogP contribution in [0.2, 0.25) is 0 Å². The Morgan fingerprint density at radius 2 is 1.71 bits per heavy atom. The lowest BCUT2D eigenvalue weighted by atomic mass is 9.95. The summed E-state index contributed by atoms with van der Waals surface area (Å²) in [5.74, 6) is -0.0637. The third-order valence-electron chi connectivity index (χ3n) is 4.81. The van der Waals surface area contributed by atoms with Crippen molar-refractivity contribution in [2.24, 2.45) is 0 Å². The van der Waals surface area contributed by atoms with Crippen LogP contribution in [0.1, 0.15) is 41.6 Å². The minimum absolute atomic E-state index is 0.00783. The minimum Gasteiger partial charge on any atom is -0.349 e. The molecule has 0 aliphatic heterocycles. The number of amides is 2. The van der Waals surface area contributed by atoms with Crippen molar-refractivity contribution in [3.05, 3.63) is 65.7 Å². The molecule has 0 atom stereocenters. The second-order valence-electron chi connectivity index (χ2n) is 6.73. The van der Waals surface area contributed by atoms with Gasteiger partial charge in [-0.05, 0) is 49.4 Å². The summed E-state index contributed by atoms with van der Waals surface area (Å²) in [5.41, 5.74) is 1.91. The Bertz CT molecular complexity index is 777. The predicted molar refractivity (Wildman–Crippen MR) is 92.9 cm³/mol. The molecule has 2 aliphatic rings. The molecule has 2 aliphatic carbocycles. The third-order valence-corrected chi connectivity index (χ3v) is 4.81. The van der Waals surface area contributed by atoms with Crippen LogP contribution in [0.15, 0.2) is 54.6 Å². The fourth-order valence-corrected chi connectivity index (χ4v) is 3.01. The molecule has 0 radical (unpaired) electrons. The summed E-state index contributed by atoms with van der Waals surface area (Å²) in [6, 6.07) is 17.4. The van der Waals surface area contributed by atoms with Gasteiger partial charge in [0.05, 0.1) is 5.41 Å². The van der Waals surface area contributed by atoms with E-state index in [9.17, 15) is 9.59 Å². The van der Waals surface area contributed by atoms with Gasteiger partial charge >= 0.3 is 0 Å². The van der Waals surface area contributed by atoms with Crippen LogP contribution in [-0.2, 0) is 10.2 Å². The van der Waals surface area contributed by atoms with Gasteiger partial charge in [-0.1, -0.05) is 36.4 Å². The monoisotopic (exact) mass is 320 g/mol. The Labute approximate surface area is 141 Å². The van der Waals surface area contributed by atoms with Gasteiger partial charge in [-0.25, -0.2) is 0 Å². The average Bonchev–Trinajstić information content (AvgIpc) is 3.51. The molecular weight excluding hydrogens is 300 g/mol. The van der Waals surface area contributed by atoms with E-state index in [1.165, 1.54) is 0 Å². The SMILES string of the molecule is O=C(NC1CC1)c1cccc(NC(=O)C2(c3ccccc3)CC2)c1. The molecule has 0 saturated heterocycles. The lowest BCUT2D eigenvalue weighted by Crippen LogP contribution is -2.28. The van der Waals surface area contributed by atoms with Gasteiger partial charge < -0.3 is 10.6 Å². The summed E-state index contributed by atoms with van der Waals surface area (Å²) in [6.45, 7) is 0. The summed E-state index contributed by atoms with van der Waals surface area (Å²) in [6.07, 6.45) is 3.85. The van der Waals surface area contributed by atoms with Crippen LogP contribution < -0.4 is 10.6 Å². The van der Waals surface area contributed by atoms with E-state index in [0.717, 1.165) is 31.2 Å². The van der Waals surface area contributed by atoms with Crippen LogP contribution in [0.4, 0.5) is 5.69 Å². The van der Waals surface area contributed by atoms with E-state index in [2.05, 4.69) is 10.6 Å². The quantitative estimate of drug-likeness (QED) is 0.888. The van der Waals surface area contributed by atoms with Crippen LogP contribution in [-0.4, -0.2) is 17.9 Å². The standard InChI is InChI=1S/C20H20N2O2/c23-18(21-16-9-10-16)14-5-4-8-17(13-14)22-19(24)20(11-12-20)15-6-2-1-3-7-15/h1-8,13,16H,9-12H2,(H,21,23)(H,22,24). The molecule has 2 aromatic carbocycles. The first-order valence-corrected chi connectivity index (χ1v) is 8.45. The Morgan fingerprint density at radius 3 is 2.38 bits per heavy atom. The van der Waals surface area contributed by atoms with Gasteiger partial charge in [-0.2, -0.15) is 0 Å². The van der Waals surface area contributed by atoms with Crippen LogP contribution in [0.3, 0.4) is 0 Å². The smallest absolute Gasteiger partial charge is 0.251 e. The number of rotatable bonds is 5. The summed E-state index contributed by atoms with van der Waals surface area (Å²) in [5, 5.41) is 5.96. The van der Waals surface area contributed by atoms with Gasteiger partial charge in [-0.3, -0.25) is 9.59 Å². The molecule has 2 amide bonds. The van der Waals surface area contributed by atoms with Crippen molar-refractivity contribution in [3.8, 4) is 0 Å². The third kappa shape index (κ3) is 2.92. The lowest BCUT2D eigenvalue weighted by molar-refractivity contribution is -0.118. The molecular formula is C20H20N2O2. The normalized spacial score (nSPS) is 17.8. The highest BCUT2D eigenvalue weighted by molar-refractivity contribution is 6.02. The summed E-state index contributed by atoms with van der Waals surface area (Å²) < 4.78 is 0. The van der Waals surface area contributed by atoms with E-state index in [1.54, 1.807) is 18.2 Å². The van der Waals surface area contributed by atoms with Crippen molar-refractivity contribution in [2.75, 3.05) is 5.32 Å². The second-order valence-corrected chi connectivity index (χ2v) is 6.73. The molecule has 2 N–H and O–H groups in total. The van der Waals surface area contributed by atoms with E-state index in [4.69, 9.17) is 0 Å².